The molecule has 2 aromatic carbocycles. The minimum absolute atomic E-state index is 0.0362. The first-order valence-corrected chi connectivity index (χ1v) is 12.4. The van der Waals surface area contributed by atoms with E-state index in [4.69, 9.17) is 13.8 Å². The maximum absolute atomic E-state index is 13.5. The van der Waals surface area contributed by atoms with Gasteiger partial charge >= 0.3 is 6.61 Å². The van der Waals surface area contributed by atoms with Gasteiger partial charge in [0.05, 0.1) is 23.1 Å². The van der Waals surface area contributed by atoms with Gasteiger partial charge in [-0.25, -0.2) is 4.98 Å². The van der Waals surface area contributed by atoms with Crippen molar-refractivity contribution in [2.75, 3.05) is 46.7 Å². The first kappa shape index (κ1) is 20.6. The number of carbonyl (C=O) groups excluding carboxylic acids is 1. The average Bonchev–Trinajstić information content (AvgIpc) is 3.39. The van der Waals surface area contributed by atoms with E-state index in [0.717, 1.165) is 49.6 Å². The second-order valence-corrected chi connectivity index (χ2v) is 9.78. The summed E-state index contributed by atoms with van der Waals surface area (Å²) in [5.74, 6) is 5.98. The van der Waals surface area contributed by atoms with Crippen LogP contribution in [0.15, 0.2) is 36.4 Å². The maximum Gasteiger partial charge on any atom is 0.387 e. The molecule has 192 valence electrons. The quantitative estimate of drug-likeness (QED) is 0.503. The molecule has 3 aliphatic rings. The standard InChI is InChI=1S/C28H29F2N5O2/c1-32-12-14-34(15-13-32)11-4-3-6-18-9-10-20-21(16-18)35-22-17-23(26(35)31-20)33(2)27(36)19-7-5-8-24(25(19)22)37-28(29)30/h5,7-10,16,22-23,28H,4,11-15,17H2,1-2H3/t22-,23-/m1/s1/i2D3. The summed E-state index contributed by atoms with van der Waals surface area (Å²) >= 11 is 0. The Labute approximate surface area is 218 Å². The van der Waals surface area contributed by atoms with Crippen LogP contribution in [0.4, 0.5) is 8.78 Å². The Kier molecular flexibility index (Phi) is 5.24. The van der Waals surface area contributed by atoms with Crippen LogP contribution in [0.1, 0.15) is 56.3 Å². The van der Waals surface area contributed by atoms with Crippen molar-refractivity contribution >= 4 is 16.9 Å². The molecule has 7 nitrogen and oxygen atoms in total. The summed E-state index contributed by atoms with van der Waals surface area (Å²) in [5, 5.41) is 0. The molecule has 4 heterocycles. The van der Waals surface area contributed by atoms with Gasteiger partial charge < -0.3 is 19.1 Å². The van der Waals surface area contributed by atoms with Gasteiger partial charge in [-0.05, 0) is 37.4 Å². The fourth-order valence-electron chi connectivity index (χ4n) is 5.64. The molecule has 2 bridgehead atoms. The van der Waals surface area contributed by atoms with E-state index in [1.165, 1.54) is 18.2 Å². The molecule has 0 spiro atoms. The molecule has 0 aliphatic carbocycles. The lowest BCUT2D eigenvalue weighted by Gasteiger charge is -2.31. The maximum atomic E-state index is 13.5. The van der Waals surface area contributed by atoms with Gasteiger partial charge in [0.1, 0.15) is 11.6 Å². The Morgan fingerprint density at radius 2 is 2.03 bits per heavy atom. The number of alkyl halides is 2. The third-order valence-corrected chi connectivity index (χ3v) is 7.53. The number of likely N-dealkylation sites (N-methyl/N-ethyl adjacent to an activating group) is 1. The molecule has 0 unspecified atom stereocenters. The van der Waals surface area contributed by atoms with Gasteiger partial charge in [-0.3, -0.25) is 9.69 Å². The van der Waals surface area contributed by atoms with Crippen molar-refractivity contribution in [2.24, 2.45) is 0 Å². The zero-order chi connectivity index (χ0) is 28.2. The number of aromatic nitrogens is 2. The predicted molar refractivity (Wildman–Crippen MR) is 136 cm³/mol. The second-order valence-electron chi connectivity index (χ2n) is 9.78. The number of benzene rings is 2. The highest BCUT2D eigenvalue weighted by atomic mass is 19.3. The van der Waals surface area contributed by atoms with Gasteiger partial charge in [-0.1, -0.05) is 17.9 Å². The number of nitrogens with zero attached hydrogens (tertiary/aromatic N) is 5. The smallest absolute Gasteiger partial charge is 0.387 e. The number of hydrogen-bond donors (Lipinski definition) is 0. The average molecular weight is 509 g/mol. The molecule has 1 aromatic heterocycles. The Hall–Kier alpha value is -3.48. The molecule has 2 atom stereocenters. The highest BCUT2D eigenvalue weighted by molar-refractivity contribution is 5.97. The number of ether oxygens (including phenoxy) is 1. The first-order chi connectivity index (χ1) is 19.1. The lowest BCUT2D eigenvalue weighted by Crippen LogP contribution is -2.44. The van der Waals surface area contributed by atoms with Crippen LogP contribution in [0.5, 0.6) is 5.75 Å². The summed E-state index contributed by atoms with van der Waals surface area (Å²) in [6.45, 7) is -0.800. The van der Waals surface area contributed by atoms with Crippen LogP contribution < -0.4 is 4.74 Å². The molecule has 0 radical (unpaired) electrons. The lowest BCUT2D eigenvalue weighted by molar-refractivity contribution is -0.0507. The van der Waals surface area contributed by atoms with Gasteiger partial charge in [-0.2, -0.15) is 8.78 Å². The summed E-state index contributed by atoms with van der Waals surface area (Å²) in [4.78, 5) is 23.8. The van der Waals surface area contributed by atoms with Crippen molar-refractivity contribution < 1.29 is 22.4 Å². The second kappa shape index (κ2) is 9.43. The van der Waals surface area contributed by atoms with Gasteiger partial charge in [0.15, 0.2) is 0 Å². The molecule has 3 aliphatic heterocycles. The number of imidazole rings is 1. The van der Waals surface area contributed by atoms with E-state index in [1.807, 2.05) is 22.8 Å². The number of amides is 1. The van der Waals surface area contributed by atoms with E-state index < -0.39 is 31.6 Å². The lowest BCUT2D eigenvalue weighted by atomic mass is 9.97. The summed E-state index contributed by atoms with van der Waals surface area (Å²) in [6.07, 6.45) is 0.911. The molecule has 1 fully saturated rings. The molecule has 1 saturated heterocycles. The summed E-state index contributed by atoms with van der Waals surface area (Å²) in [7, 11) is 2.12. The van der Waals surface area contributed by atoms with Gasteiger partial charge in [0, 0.05) is 73.3 Å². The number of fused-ring (bicyclic) bond motifs is 9. The SMILES string of the molecule is [2H]C([2H])([2H])N1C(=O)c2cccc(OC(F)F)c2[C@H]2C[C@@H]1c1nc3ccc(C#CCCN4CCN(C)CC4)cc3n12. The van der Waals surface area contributed by atoms with E-state index in [9.17, 15) is 13.6 Å². The van der Waals surface area contributed by atoms with Gasteiger partial charge in [0.25, 0.3) is 5.91 Å². The topological polar surface area (TPSA) is 53.8 Å². The number of halogens is 2. The van der Waals surface area contributed by atoms with Gasteiger partial charge in [0.2, 0.25) is 0 Å². The molecule has 0 N–H and O–H groups in total. The van der Waals surface area contributed by atoms with Crippen LogP contribution in [-0.2, 0) is 0 Å². The largest absolute Gasteiger partial charge is 0.434 e. The molecule has 3 aromatic rings. The number of hydrogen-bond acceptors (Lipinski definition) is 5. The van der Waals surface area contributed by atoms with Crippen LogP contribution in [0.2, 0.25) is 0 Å². The molecular formula is C28H29F2N5O2. The normalized spacial score (nSPS) is 23.1. The first-order valence-electron chi connectivity index (χ1n) is 13.9. The van der Waals surface area contributed by atoms with Crippen molar-refractivity contribution in [1.82, 2.24) is 24.3 Å². The third-order valence-electron chi connectivity index (χ3n) is 7.53. The molecule has 37 heavy (non-hydrogen) atoms. The molecule has 6 rings (SSSR count). The fourth-order valence-corrected chi connectivity index (χ4v) is 5.64. The molecule has 0 saturated carbocycles. The molecular weight excluding hydrogens is 476 g/mol. The van der Waals surface area contributed by atoms with Crippen molar-refractivity contribution in [2.45, 2.75) is 31.5 Å². The van der Waals surface area contributed by atoms with Crippen LogP contribution in [0.25, 0.3) is 11.0 Å². The monoisotopic (exact) mass is 508 g/mol. The summed E-state index contributed by atoms with van der Waals surface area (Å²) < 4.78 is 57.8. The Morgan fingerprint density at radius 3 is 2.81 bits per heavy atom. The predicted octanol–water partition coefficient (Wildman–Crippen LogP) is 3.75. The summed E-state index contributed by atoms with van der Waals surface area (Å²) in [6, 6.07) is 8.37. The molecule has 9 heteroatoms. The zero-order valence-electron chi connectivity index (χ0n) is 23.5. The van der Waals surface area contributed by atoms with E-state index >= 15 is 0 Å². The minimum Gasteiger partial charge on any atom is -0.434 e. The van der Waals surface area contributed by atoms with E-state index in [2.05, 4.69) is 28.7 Å². The van der Waals surface area contributed by atoms with E-state index in [1.54, 1.807) is 0 Å². The van der Waals surface area contributed by atoms with Crippen LogP contribution in [-0.4, -0.2) is 83.5 Å². The summed E-state index contributed by atoms with van der Waals surface area (Å²) in [5.41, 5.74) is 2.36. The van der Waals surface area contributed by atoms with Gasteiger partial charge in [-0.15, -0.1) is 0 Å². The van der Waals surface area contributed by atoms with Crippen molar-refractivity contribution in [3.05, 3.63) is 58.9 Å². The van der Waals surface area contributed by atoms with Crippen molar-refractivity contribution in [3.8, 4) is 17.6 Å². The minimum atomic E-state index is -3.10. The van der Waals surface area contributed by atoms with Crippen LogP contribution >= 0.6 is 0 Å². The number of piperazine rings is 1. The van der Waals surface area contributed by atoms with Crippen LogP contribution in [0.3, 0.4) is 0 Å². The Morgan fingerprint density at radius 1 is 1.19 bits per heavy atom. The molecule has 1 amide bonds. The number of carbonyl (C=O) groups is 1. The zero-order valence-corrected chi connectivity index (χ0v) is 20.5. The van der Waals surface area contributed by atoms with E-state index in [-0.39, 0.29) is 23.3 Å². The number of rotatable bonds is 4. The Bertz CT molecular complexity index is 1520. The highest BCUT2D eigenvalue weighted by Crippen LogP contribution is 2.49. The van der Waals surface area contributed by atoms with Crippen molar-refractivity contribution in [1.29, 1.82) is 0 Å². The van der Waals surface area contributed by atoms with Crippen LogP contribution in [0, 0.1) is 11.8 Å². The Balaban J connectivity index is 1.39. The third kappa shape index (κ3) is 4.24. The fraction of sp³-hybridized carbons (Fsp3) is 0.429. The van der Waals surface area contributed by atoms with Crippen molar-refractivity contribution in [3.63, 3.8) is 0 Å². The van der Waals surface area contributed by atoms with E-state index in [0.29, 0.717) is 16.9 Å². The highest BCUT2D eigenvalue weighted by Gasteiger charge is 2.45.